The highest BCUT2D eigenvalue weighted by molar-refractivity contribution is 5.97. The van der Waals surface area contributed by atoms with Gasteiger partial charge in [0.2, 0.25) is 0 Å². The average Bonchev–Trinajstić information content (AvgIpc) is 2.38. The Balaban J connectivity index is 2.11. The van der Waals surface area contributed by atoms with Gasteiger partial charge in [0.05, 0.1) is 24.8 Å². The van der Waals surface area contributed by atoms with E-state index in [2.05, 4.69) is 5.32 Å². The van der Waals surface area contributed by atoms with E-state index in [0.29, 0.717) is 12.4 Å². The molecule has 5 nitrogen and oxygen atoms in total. The van der Waals surface area contributed by atoms with Crippen molar-refractivity contribution in [3.05, 3.63) is 23.8 Å². The van der Waals surface area contributed by atoms with E-state index in [9.17, 15) is 9.90 Å². The number of aromatic hydroxyl groups is 1. The van der Waals surface area contributed by atoms with Crippen molar-refractivity contribution < 1.29 is 19.4 Å². The number of hydrogen-bond donors (Lipinski definition) is 2. The molecule has 1 atom stereocenters. The fraction of sp³-hybridized carbons (Fsp3) is 0.500. The van der Waals surface area contributed by atoms with Gasteiger partial charge < -0.3 is 19.9 Å². The Morgan fingerprint density at radius 2 is 2.32 bits per heavy atom. The summed E-state index contributed by atoms with van der Waals surface area (Å²) in [5.41, 5.74) is -0.130. The lowest BCUT2D eigenvalue weighted by Crippen LogP contribution is -2.51. The van der Waals surface area contributed by atoms with Gasteiger partial charge in [-0.25, -0.2) is 0 Å². The van der Waals surface area contributed by atoms with Gasteiger partial charge in [-0.3, -0.25) is 4.79 Å². The van der Waals surface area contributed by atoms with Crippen LogP contribution in [0.2, 0.25) is 0 Å². The van der Waals surface area contributed by atoms with Crippen molar-refractivity contribution in [2.24, 2.45) is 0 Å². The number of nitrogens with one attached hydrogen (secondary N) is 1. The van der Waals surface area contributed by atoms with Gasteiger partial charge in [-0.05, 0) is 31.9 Å². The number of amides is 1. The van der Waals surface area contributed by atoms with Gasteiger partial charge in [-0.1, -0.05) is 0 Å². The number of benzene rings is 1. The Morgan fingerprint density at radius 3 is 2.89 bits per heavy atom. The minimum atomic E-state index is -0.373. The summed E-state index contributed by atoms with van der Waals surface area (Å²) in [6.07, 6.45) is 1.79. The predicted molar refractivity (Wildman–Crippen MR) is 70.6 cm³/mol. The highest BCUT2D eigenvalue weighted by Crippen LogP contribution is 2.25. The molecule has 104 valence electrons. The van der Waals surface area contributed by atoms with Crippen molar-refractivity contribution in [2.45, 2.75) is 25.3 Å². The van der Waals surface area contributed by atoms with Gasteiger partial charge in [0.15, 0.2) is 0 Å². The molecule has 0 bridgehead atoms. The SMILES string of the molecule is COc1ccc(C(=O)NC2(C)CCCOC2)c(O)c1. The number of ether oxygens (including phenoxy) is 2. The van der Waals surface area contributed by atoms with Crippen LogP contribution < -0.4 is 10.1 Å². The van der Waals surface area contributed by atoms with Gasteiger partial charge in [0.25, 0.3) is 5.91 Å². The molecular weight excluding hydrogens is 246 g/mol. The van der Waals surface area contributed by atoms with Crippen LogP contribution in [0.5, 0.6) is 11.5 Å². The van der Waals surface area contributed by atoms with Gasteiger partial charge in [-0.2, -0.15) is 0 Å². The third-order valence-electron chi connectivity index (χ3n) is 3.30. The van der Waals surface area contributed by atoms with Crippen LogP contribution in [0, 0.1) is 0 Å². The van der Waals surface area contributed by atoms with Crippen LogP contribution in [0.15, 0.2) is 18.2 Å². The summed E-state index contributed by atoms with van der Waals surface area (Å²) < 4.78 is 10.4. The number of phenolic OH excluding ortho intramolecular Hbond substituents is 1. The predicted octanol–water partition coefficient (Wildman–Crippen LogP) is 1.70. The lowest BCUT2D eigenvalue weighted by molar-refractivity contribution is 0.0272. The summed E-state index contributed by atoms with van der Waals surface area (Å²) in [5, 5.41) is 12.8. The summed E-state index contributed by atoms with van der Waals surface area (Å²) in [6.45, 7) is 3.18. The average molecular weight is 265 g/mol. The number of hydrogen-bond acceptors (Lipinski definition) is 4. The van der Waals surface area contributed by atoms with E-state index in [1.54, 1.807) is 12.1 Å². The molecule has 1 saturated heterocycles. The van der Waals surface area contributed by atoms with Crippen LogP contribution in [0.25, 0.3) is 0 Å². The monoisotopic (exact) mass is 265 g/mol. The molecular formula is C14H19NO4. The second kappa shape index (κ2) is 5.48. The fourth-order valence-corrected chi connectivity index (χ4v) is 2.20. The second-order valence-corrected chi connectivity index (χ2v) is 5.05. The van der Waals surface area contributed by atoms with Gasteiger partial charge in [0.1, 0.15) is 11.5 Å². The van der Waals surface area contributed by atoms with Crippen molar-refractivity contribution in [1.82, 2.24) is 5.32 Å². The largest absolute Gasteiger partial charge is 0.507 e. The topological polar surface area (TPSA) is 67.8 Å². The molecule has 5 heteroatoms. The highest BCUT2D eigenvalue weighted by atomic mass is 16.5. The first kappa shape index (κ1) is 13.7. The zero-order valence-electron chi connectivity index (χ0n) is 11.2. The van der Waals surface area contributed by atoms with Crippen LogP contribution in [0.3, 0.4) is 0 Å². The first-order chi connectivity index (χ1) is 9.04. The van der Waals surface area contributed by atoms with E-state index >= 15 is 0 Å². The minimum absolute atomic E-state index is 0.0859. The first-order valence-electron chi connectivity index (χ1n) is 6.31. The van der Waals surface area contributed by atoms with E-state index in [0.717, 1.165) is 19.4 Å². The fourth-order valence-electron chi connectivity index (χ4n) is 2.20. The molecule has 2 rings (SSSR count). The third kappa shape index (κ3) is 3.17. The van der Waals surface area contributed by atoms with Crippen molar-refractivity contribution in [1.29, 1.82) is 0 Å². The quantitative estimate of drug-likeness (QED) is 0.873. The second-order valence-electron chi connectivity index (χ2n) is 5.05. The number of methoxy groups -OCH3 is 1. The zero-order valence-corrected chi connectivity index (χ0v) is 11.2. The van der Waals surface area contributed by atoms with Crippen molar-refractivity contribution in [2.75, 3.05) is 20.3 Å². The summed E-state index contributed by atoms with van der Waals surface area (Å²) in [6, 6.07) is 4.62. The maximum absolute atomic E-state index is 12.2. The molecule has 0 aliphatic carbocycles. The molecule has 0 saturated carbocycles. The molecule has 1 aromatic carbocycles. The minimum Gasteiger partial charge on any atom is -0.507 e. The first-order valence-corrected chi connectivity index (χ1v) is 6.31. The van der Waals surface area contributed by atoms with E-state index in [4.69, 9.17) is 9.47 Å². The van der Waals surface area contributed by atoms with Crippen molar-refractivity contribution >= 4 is 5.91 Å². The number of carbonyl (C=O) groups is 1. The molecule has 1 heterocycles. The van der Waals surface area contributed by atoms with E-state index in [1.807, 2.05) is 6.92 Å². The normalized spacial score (nSPS) is 22.8. The van der Waals surface area contributed by atoms with Gasteiger partial charge in [0, 0.05) is 12.7 Å². The molecule has 2 N–H and O–H groups in total. The van der Waals surface area contributed by atoms with Crippen LogP contribution >= 0.6 is 0 Å². The Hall–Kier alpha value is -1.75. The third-order valence-corrected chi connectivity index (χ3v) is 3.30. The molecule has 1 aromatic rings. The summed E-state index contributed by atoms with van der Waals surface area (Å²) in [4.78, 5) is 12.2. The molecule has 1 aliphatic heterocycles. The smallest absolute Gasteiger partial charge is 0.255 e. The maximum atomic E-state index is 12.2. The molecule has 1 unspecified atom stereocenters. The molecule has 0 spiro atoms. The summed E-state index contributed by atoms with van der Waals surface area (Å²) in [5.74, 6) is 0.131. The van der Waals surface area contributed by atoms with E-state index in [-0.39, 0.29) is 22.8 Å². The molecule has 19 heavy (non-hydrogen) atoms. The highest BCUT2D eigenvalue weighted by Gasteiger charge is 2.30. The Labute approximate surface area is 112 Å². The lowest BCUT2D eigenvalue weighted by Gasteiger charge is -2.34. The van der Waals surface area contributed by atoms with Crippen LogP contribution in [0.4, 0.5) is 0 Å². The zero-order chi connectivity index (χ0) is 13.9. The standard InChI is InChI=1S/C14H19NO4/c1-14(6-3-7-19-9-14)15-13(17)11-5-4-10(18-2)8-12(11)16/h4-5,8,16H,3,6-7,9H2,1-2H3,(H,15,17). The molecule has 1 fully saturated rings. The van der Waals surface area contributed by atoms with Crippen LogP contribution in [0.1, 0.15) is 30.1 Å². The number of carbonyl (C=O) groups excluding carboxylic acids is 1. The summed E-state index contributed by atoms with van der Waals surface area (Å²) >= 11 is 0. The van der Waals surface area contributed by atoms with E-state index in [1.165, 1.54) is 13.2 Å². The summed E-state index contributed by atoms with van der Waals surface area (Å²) in [7, 11) is 1.51. The van der Waals surface area contributed by atoms with Gasteiger partial charge >= 0.3 is 0 Å². The van der Waals surface area contributed by atoms with Crippen molar-refractivity contribution in [3.63, 3.8) is 0 Å². The number of phenols is 1. The Bertz CT molecular complexity index is 467. The molecule has 0 radical (unpaired) electrons. The van der Waals surface area contributed by atoms with Crippen LogP contribution in [-0.4, -0.2) is 36.9 Å². The lowest BCUT2D eigenvalue weighted by atomic mass is 9.94. The van der Waals surface area contributed by atoms with E-state index < -0.39 is 0 Å². The molecule has 0 aromatic heterocycles. The maximum Gasteiger partial charge on any atom is 0.255 e. The Kier molecular flexibility index (Phi) is 3.95. The molecule has 1 aliphatic rings. The number of rotatable bonds is 3. The van der Waals surface area contributed by atoms with Crippen LogP contribution in [-0.2, 0) is 4.74 Å². The van der Waals surface area contributed by atoms with Crippen molar-refractivity contribution in [3.8, 4) is 11.5 Å². The van der Waals surface area contributed by atoms with Gasteiger partial charge in [-0.15, -0.1) is 0 Å². The molecule has 1 amide bonds. The Morgan fingerprint density at radius 1 is 1.53 bits per heavy atom.